The summed E-state index contributed by atoms with van der Waals surface area (Å²) < 4.78 is 11.2. The van der Waals surface area contributed by atoms with Crippen LogP contribution in [0.5, 0.6) is 0 Å². The molecule has 0 bridgehead atoms. The number of aliphatic hydroxyl groups excluding tert-OH is 5. The van der Waals surface area contributed by atoms with Gasteiger partial charge in [-0.25, -0.2) is 0 Å². The number of hydrogen-bond acceptors (Lipinski definition) is 8. The number of unbranched alkanes of at least 4 members (excludes halogenated alkanes) is 29. The van der Waals surface area contributed by atoms with Gasteiger partial charge in [0.1, 0.15) is 24.4 Å². The van der Waals surface area contributed by atoms with Gasteiger partial charge in [0, 0.05) is 6.42 Å². The first-order valence-corrected chi connectivity index (χ1v) is 23.4. The minimum atomic E-state index is -1.56. The van der Waals surface area contributed by atoms with E-state index in [-0.39, 0.29) is 12.5 Å². The third-order valence-corrected chi connectivity index (χ3v) is 11.4. The van der Waals surface area contributed by atoms with Crippen molar-refractivity contribution in [3.8, 4) is 0 Å². The molecule has 1 aliphatic rings. The van der Waals surface area contributed by atoms with Gasteiger partial charge >= 0.3 is 0 Å². The number of aliphatic hydroxyl groups is 5. The highest BCUT2D eigenvalue weighted by atomic mass is 16.7. The number of hydrogen-bond donors (Lipinski definition) is 6. The van der Waals surface area contributed by atoms with Crippen LogP contribution in [0.25, 0.3) is 0 Å². The average molecular weight is 784 g/mol. The molecule has 326 valence electrons. The lowest BCUT2D eigenvalue weighted by atomic mass is 9.99. The van der Waals surface area contributed by atoms with Crippen LogP contribution >= 0.6 is 0 Å². The van der Waals surface area contributed by atoms with Crippen LogP contribution in [0.1, 0.15) is 219 Å². The molecule has 1 heterocycles. The van der Waals surface area contributed by atoms with Crippen molar-refractivity contribution in [3.63, 3.8) is 0 Å². The van der Waals surface area contributed by atoms with Crippen molar-refractivity contribution < 1.29 is 39.8 Å². The number of amides is 1. The third-order valence-electron chi connectivity index (χ3n) is 11.4. The molecule has 55 heavy (non-hydrogen) atoms. The first-order valence-electron chi connectivity index (χ1n) is 23.4. The first-order chi connectivity index (χ1) is 26.8. The SMILES string of the molecule is CCCCCCCCCCCCCCCC/C=C/C(O)C(COC1OC(CO)C(O)C(O)C1O)NC(=O)CCCCCCCCCCCCCCCCCC. The van der Waals surface area contributed by atoms with Crippen LogP contribution in [0.2, 0.25) is 0 Å². The number of carbonyl (C=O) groups is 1. The number of nitrogens with one attached hydrogen (secondary N) is 1. The van der Waals surface area contributed by atoms with Crippen LogP contribution in [-0.2, 0) is 14.3 Å². The van der Waals surface area contributed by atoms with Crippen molar-refractivity contribution >= 4 is 5.91 Å². The van der Waals surface area contributed by atoms with Crippen molar-refractivity contribution in [1.82, 2.24) is 5.32 Å². The van der Waals surface area contributed by atoms with Gasteiger partial charge in [-0.3, -0.25) is 4.79 Å². The van der Waals surface area contributed by atoms with E-state index < -0.39 is 49.5 Å². The molecule has 0 radical (unpaired) electrons. The van der Waals surface area contributed by atoms with Gasteiger partial charge in [-0.1, -0.05) is 206 Å². The smallest absolute Gasteiger partial charge is 0.220 e. The van der Waals surface area contributed by atoms with Crippen molar-refractivity contribution in [2.75, 3.05) is 13.2 Å². The quantitative estimate of drug-likeness (QED) is 0.0267. The van der Waals surface area contributed by atoms with Gasteiger partial charge in [-0.2, -0.15) is 0 Å². The number of allylic oxidation sites excluding steroid dienone is 1. The lowest BCUT2D eigenvalue weighted by molar-refractivity contribution is -0.302. The van der Waals surface area contributed by atoms with Gasteiger partial charge in [0.2, 0.25) is 5.91 Å². The Labute approximate surface area is 337 Å². The Bertz CT molecular complexity index is 873. The zero-order valence-corrected chi connectivity index (χ0v) is 35.7. The summed E-state index contributed by atoms with van der Waals surface area (Å²) >= 11 is 0. The zero-order valence-electron chi connectivity index (χ0n) is 35.7. The summed E-state index contributed by atoms with van der Waals surface area (Å²) in [5.74, 6) is -0.174. The van der Waals surface area contributed by atoms with Crippen LogP contribution in [0.4, 0.5) is 0 Å². The van der Waals surface area contributed by atoms with Gasteiger partial charge in [0.05, 0.1) is 25.4 Å². The normalized spacial score (nSPS) is 21.3. The van der Waals surface area contributed by atoms with Crippen molar-refractivity contribution in [2.45, 2.75) is 262 Å². The highest BCUT2D eigenvalue weighted by Crippen LogP contribution is 2.23. The molecule has 9 heteroatoms. The Morgan fingerprint density at radius 3 is 1.42 bits per heavy atom. The maximum atomic E-state index is 12.9. The molecule has 0 aromatic rings. The van der Waals surface area contributed by atoms with Gasteiger partial charge in [0.15, 0.2) is 6.29 Å². The van der Waals surface area contributed by atoms with Gasteiger partial charge in [-0.15, -0.1) is 0 Å². The van der Waals surface area contributed by atoms with Crippen LogP contribution in [0, 0.1) is 0 Å². The fourth-order valence-electron chi connectivity index (χ4n) is 7.57. The maximum absolute atomic E-state index is 12.9. The molecule has 0 saturated carbocycles. The summed E-state index contributed by atoms with van der Waals surface area (Å²) in [7, 11) is 0. The second kappa shape index (κ2) is 37.2. The minimum absolute atomic E-state index is 0.174. The van der Waals surface area contributed by atoms with E-state index in [1.165, 1.54) is 161 Å². The molecule has 7 atom stereocenters. The average Bonchev–Trinajstić information content (AvgIpc) is 3.18. The summed E-state index contributed by atoms with van der Waals surface area (Å²) in [5.41, 5.74) is 0. The second-order valence-electron chi connectivity index (χ2n) is 16.6. The van der Waals surface area contributed by atoms with Crippen molar-refractivity contribution in [1.29, 1.82) is 0 Å². The van der Waals surface area contributed by atoms with E-state index in [1.807, 2.05) is 6.08 Å². The van der Waals surface area contributed by atoms with Crippen LogP contribution in [0.3, 0.4) is 0 Å². The number of rotatable bonds is 39. The molecule has 0 aromatic carbocycles. The Morgan fingerprint density at radius 1 is 0.600 bits per heavy atom. The molecule has 1 rings (SSSR count). The van der Waals surface area contributed by atoms with E-state index in [4.69, 9.17) is 9.47 Å². The molecule has 1 aliphatic heterocycles. The fraction of sp³-hybridized carbons (Fsp3) is 0.935. The molecular weight excluding hydrogens is 695 g/mol. The highest BCUT2D eigenvalue weighted by Gasteiger charge is 2.44. The predicted molar refractivity (Wildman–Crippen MR) is 226 cm³/mol. The monoisotopic (exact) mass is 784 g/mol. The van der Waals surface area contributed by atoms with E-state index in [2.05, 4.69) is 19.2 Å². The molecule has 0 aliphatic carbocycles. The van der Waals surface area contributed by atoms with Crippen LogP contribution < -0.4 is 5.32 Å². The lowest BCUT2D eigenvalue weighted by Gasteiger charge is -2.40. The van der Waals surface area contributed by atoms with E-state index in [9.17, 15) is 30.3 Å². The third kappa shape index (κ3) is 28.1. The molecule has 0 aromatic heterocycles. The molecule has 7 unspecified atom stereocenters. The Kier molecular flexibility index (Phi) is 35.2. The standard InChI is InChI=1S/C46H89NO8/c1-3-5-7-9-11-13-15-17-19-21-23-25-27-29-31-33-35-40(49)39(38-54-46-45(53)44(52)43(51)41(37-48)55-46)47-42(50)36-34-32-30-28-26-24-22-20-18-16-14-12-10-8-6-4-2/h33,35,39-41,43-46,48-49,51-53H,3-32,34,36-38H2,1-2H3,(H,47,50)/b35-33+. The number of ether oxygens (including phenoxy) is 2. The summed E-state index contributed by atoms with van der Waals surface area (Å²) in [4.78, 5) is 12.9. The Hall–Kier alpha value is -1.07. The molecule has 1 amide bonds. The van der Waals surface area contributed by atoms with E-state index in [0.29, 0.717) is 6.42 Å². The molecule has 1 saturated heterocycles. The summed E-state index contributed by atoms with van der Waals surface area (Å²) in [6, 6.07) is -0.798. The first kappa shape index (κ1) is 51.9. The Morgan fingerprint density at radius 2 is 1.00 bits per heavy atom. The molecule has 9 nitrogen and oxygen atoms in total. The lowest BCUT2D eigenvalue weighted by Crippen LogP contribution is -2.60. The minimum Gasteiger partial charge on any atom is -0.394 e. The number of carbonyl (C=O) groups excluding carboxylic acids is 1. The molecule has 1 fully saturated rings. The fourth-order valence-corrected chi connectivity index (χ4v) is 7.57. The molecule has 6 N–H and O–H groups in total. The van der Waals surface area contributed by atoms with Crippen LogP contribution in [-0.4, -0.2) is 87.5 Å². The van der Waals surface area contributed by atoms with Crippen molar-refractivity contribution in [3.05, 3.63) is 12.2 Å². The Balaban J connectivity index is 2.35. The largest absolute Gasteiger partial charge is 0.394 e. The predicted octanol–water partition coefficient (Wildman–Crippen LogP) is 9.73. The van der Waals surface area contributed by atoms with E-state index in [0.717, 1.165) is 38.5 Å². The van der Waals surface area contributed by atoms with Crippen molar-refractivity contribution in [2.24, 2.45) is 0 Å². The zero-order chi connectivity index (χ0) is 40.2. The maximum Gasteiger partial charge on any atom is 0.220 e. The van der Waals surface area contributed by atoms with E-state index >= 15 is 0 Å². The summed E-state index contributed by atoms with van der Waals surface area (Å²) in [5, 5.41) is 54.2. The molecular formula is C46H89NO8. The second-order valence-corrected chi connectivity index (χ2v) is 16.6. The van der Waals surface area contributed by atoms with Gasteiger partial charge < -0.3 is 40.3 Å². The van der Waals surface area contributed by atoms with Gasteiger partial charge in [0.25, 0.3) is 0 Å². The topological polar surface area (TPSA) is 149 Å². The summed E-state index contributed by atoms with van der Waals surface area (Å²) in [6.07, 6.45) is 35.3. The van der Waals surface area contributed by atoms with Crippen LogP contribution in [0.15, 0.2) is 12.2 Å². The highest BCUT2D eigenvalue weighted by molar-refractivity contribution is 5.76. The van der Waals surface area contributed by atoms with Gasteiger partial charge in [-0.05, 0) is 19.3 Å². The van der Waals surface area contributed by atoms with E-state index in [1.54, 1.807) is 6.08 Å². The molecule has 0 spiro atoms. The summed E-state index contributed by atoms with van der Waals surface area (Å²) in [6.45, 7) is 3.79.